The maximum absolute atomic E-state index is 13.4. The van der Waals surface area contributed by atoms with Gasteiger partial charge in [-0.25, -0.2) is 8.42 Å². The van der Waals surface area contributed by atoms with E-state index < -0.39 is 22.5 Å². The van der Waals surface area contributed by atoms with E-state index >= 15 is 0 Å². The van der Waals surface area contributed by atoms with Crippen molar-refractivity contribution in [2.75, 3.05) is 32.2 Å². The lowest BCUT2D eigenvalue weighted by molar-refractivity contribution is -0.119. The third kappa shape index (κ3) is 5.43. The zero-order valence-electron chi connectivity index (χ0n) is 19.6. The summed E-state index contributed by atoms with van der Waals surface area (Å²) in [6.07, 6.45) is 0. The highest BCUT2D eigenvalue weighted by atomic mass is 32.2. The summed E-state index contributed by atoms with van der Waals surface area (Å²) in [6, 6.07) is 18.5. The van der Waals surface area contributed by atoms with Crippen LogP contribution in [-0.2, 0) is 21.4 Å². The minimum atomic E-state index is -3.97. The molecule has 0 aliphatic heterocycles. The van der Waals surface area contributed by atoms with Gasteiger partial charge in [0.15, 0.2) is 11.5 Å². The first kappa shape index (κ1) is 24.9. The first-order valence-electron chi connectivity index (χ1n) is 10.5. The average Bonchev–Trinajstić information content (AvgIpc) is 2.85. The molecule has 8 nitrogen and oxygen atoms in total. The highest BCUT2D eigenvalue weighted by molar-refractivity contribution is 7.92. The largest absolute Gasteiger partial charge is 0.493 e. The minimum Gasteiger partial charge on any atom is -0.493 e. The van der Waals surface area contributed by atoms with Crippen LogP contribution < -0.4 is 23.8 Å². The third-order valence-electron chi connectivity index (χ3n) is 5.17. The normalized spacial score (nSPS) is 10.9. The smallest absolute Gasteiger partial charge is 0.264 e. The van der Waals surface area contributed by atoms with Crippen molar-refractivity contribution in [3.05, 3.63) is 77.9 Å². The van der Waals surface area contributed by atoms with Crippen LogP contribution in [0.15, 0.2) is 71.6 Å². The number of nitrogens with one attached hydrogen (secondary N) is 1. The molecule has 0 radical (unpaired) electrons. The van der Waals surface area contributed by atoms with Crippen molar-refractivity contribution in [3.63, 3.8) is 0 Å². The molecule has 3 aromatic rings. The van der Waals surface area contributed by atoms with Gasteiger partial charge in [-0.2, -0.15) is 0 Å². The van der Waals surface area contributed by atoms with Gasteiger partial charge in [0, 0.05) is 12.1 Å². The first-order chi connectivity index (χ1) is 16.3. The summed E-state index contributed by atoms with van der Waals surface area (Å²) in [7, 11) is 0.541. The van der Waals surface area contributed by atoms with Crippen molar-refractivity contribution < 1.29 is 27.4 Å². The molecule has 0 unspecified atom stereocenters. The number of aryl methyl sites for hydroxylation is 1. The summed E-state index contributed by atoms with van der Waals surface area (Å²) < 4.78 is 44.0. The number of hydrogen-bond donors (Lipinski definition) is 1. The predicted octanol–water partition coefficient (Wildman–Crippen LogP) is 3.53. The molecule has 0 aromatic heterocycles. The zero-order chi connectivity index (χ0) is 24.7. The van der Waals surface area contributed by atoms with Crippen LogP contribution >= 0.6 is 0 Å². The van der Waals surface area contributed by atoms with Crippen LogP contribution in [0.2, 0.25) is 0 Å². The van der Waals surface area contributed by atoms with Gasteiger partial charge in [-0.1, -0.05) is 30.3 Å². The Labute approximate surface area is 200 Å². The first-order valence-corrected chi connectivity index (χ1v) is 11.9. The average molecular weight is 485 g/mol. The summed E-state index contributed by atoms with van der Waals surface area (Å²) in [6.45, 7) is 1.58. The van der Waals surface area contributed by atoms with Crippen molar-refractivity contribution in [2.24, 2.45) is 0 Å². The molecule has 0 aliphatic rings. The standard InChI is InChI=1S/C25H28N2O6S/c1-18-9-8-10-20(15-18)27(34(29,30)21-11-6-5-7-12-21)17-23(28)26-16-19-13-14-22(31-2)25(33-4)24(19)32-3/h5-15H,16-17H2,1-4H3,(H,26,28). The van der Waals surface area contributed by atoms with Crippen molar-refractivity contribution in [1.29, 1.82) is 0 Å². The Kier molecular flexibility index (Phi) is 8.01. The fourth-order valence-corrected chi connectivity index (χ4v) is 4.93. The Balaban J connectivity index is 1.86. The molecule has 1 N–H and O–H groups in total. The second kappa shape index (κ2) is 10.9. The van der Waals surface area contributed by atoms with E-state index in [9.17, 15) is 13.2 Å². The lowest BCUT2D eigenvalue weighted by Gasteiger charge is -2.24. The number of carbonyl (C=O) groups excluding carboxylic acids is 1. The van der Waals surface area contributed by atoms with Crippen LogP contribution in [0.25, 0.3) is 0 Å². The highest BCUT2D eigenvalue weighted by Gasteiger charge is 2.27. The Morgan fingerprint density at radius 3 is 2.21 bits per heavy atom. The Hall–Kier alpha value is -3.72. The van der Waals surface area contributed by atoms with Crippen LogP contribution in [0.1, 0.15) is 11.1 Å². The molecule has 9 heteroatoms. The van der Waals surface area contributed by atoms with Crippen LogP contribution in [-0.4, -0.2) is 42.2 Å². The highest BCUT2D eigenvalue weighted by Crippen LogP contribution is 2.39. The fourth-order valence-electron chi connectivity index (χ4n) is 3.50. The number of methoxy groups -OCH3 is 3. The molecule has 1 amide bonds. The predicted molar refractivity (Wildman–Crippen MR) is 130 cm³/mol. The fraction of sp³-hybridized carbons (Fsp3) is 0.240. The number of hydrogen-bond acceptors (Lipinski definition) is 6. The number of anilines is 1. The molecule has 3 rings (SSSR count). The molecule has 0 saturated heterocycles. The minimum absolute atomic E-state index is 0.103. The van der Waals surface area contributed by atoms with Gasteiger partial charge >= 0.3 is 0 Å². The van der Waals surface area contributed by atoms with E-state index in [-0.39, 0.29) is 11.4 Å². The Morgan fingerprint density at radius 2 is 1.59 bits per heavy atom. The van der Waals surface area contributed by atoms with Gasteiger partial charge in [-0.15, -0.1) is 0 Å². The van der Waals surface area contributed by atoms with E-state index in [0.29, 0.717) is 28.5 Å². The van der Waals surface area contributed by atoms with E-state index in [0.717, 1.165) is 9.87 Å². The van der Waals surface area contributed by atoms with E-state index in [1.165, 1.54) is 33.5 Å². The van der Waals surface area contributed by atoms with Crippen LogP contribution in [0.3, 0.4) is 0 Å². The van der Waals surface area contributed by atoms with Gasteiger partial charge in [0.25, 0.3) is 10.0 Å². The van der Waals surface area contributed by atoms with Gasteiger partial charge in [-0.3, -0.25) is 9.10 Å². The number of ether oxygens (including phenoxy) is 3. The molecule has 0 bridgehead atoms. The molecule has 0 aliphatic carbocycles. The number of sulfonamides is 1. The van der Waals surface area contributed by atoms with E-state index in [2.05, 4.69) is 5.32 Å². The number of carbonyl (C=O) groups is 1. The van der Waals surface area contributed by atoms with Gasteiger partial charge in [0.05, 0.1) is 31.9 Å². The van der Waals surface area contributed by atoms with Gasteiger partial charge in [-0.05, 0) is 48.9 Å². The number of rotatable bonds is 10. The van der Waals surface area contributed by atoms with Gasteiger partial charge < -0.3 is 19.5 Å². The van der Waals surface area contributed by atoms with Crippen LogP contribution in [0.4, 0.5) is 5.69 Å². The maximum atomic E-state index is 13.4. The molecule has 34 heavy (non-hydrogen) atoms. The summed E-state index contributed by atoms with van der Waals surface area (Å²) in [5.74, 6) is 0.853. The Morgan fingerprint density at radius 1 is 0.882 bits per heavy atom. The van der Waals surface area contributed by atoms with E-state index in [1.54, 1.807) is 48.5 Å². The topological polar surface area (TPSA) is 94.2 Å². The molecular formula is C25H28N2O6S. The van der Waals surface area contributed by atoms with E-state index in [4.69, 9.17) is 14.2 Å². The summed E-state index contributed by atoms with van der Waals surface area (Å²) in [5, 5.41) is 2.78. The molecule has 0 spiro atoms. The monoisotopic (exact) mass is 484 g/mol. The summed E-state index contributed by atoms with van der Waals surface area (Å²) in [4.78, 5) is 13.0. The second-order valence-corrected chi connectivity index (χ2v) is 9.30. The van der Waals surface area contributed by atoms with Crippen molar-refractivity contribution in [2.45, 2.75) is 18.4 Å². The number of amides is 1. The third-order valence-corrected chi connectivity index (χ3v) is 6.96. The van der Waals surface area contributed by atoms with Crippen molar-refractivity contribution >= 4 is 21.6 Å². The quantitative estimate of drug-likeness (QED) is 0.473. The lowest BCUT2D eigenvalue weighted by atomic mass is 10.1. The second-order valence-electron chi connectivity index (χ2n) is 7.43. The molecular weight excluding hydrogens is 456 g/mol. The van der Waals surface area contributed by atoms with Crippen LogP contribution in [0, 0.1) is 6.92 Å². The molecule has 180 valence electrons. The molecule has 0 saturated carbocycles. The summed E-state index contributed by atoms with van der Waals surface area (Å²) >= 11 is 0. The molecule has 0 heterocycles. The van der Waals surface area contributed by atoms with Gasteiger partial charge in [0.2, 0.25) is 11.7 Å². The molecule has 0 fully saturated rings. The maximum Gasteiger partial charge on any atom is 0.264 e. The lowest BCUT2D eigenvalue weighted by Crippen LogP contribution is -2.40. The van der Waals surface area contributed by atoms with Crippen molar-refractivity contribution in [1.82, 2.24) is 5.32 Å². The number of nitrogens with zero attached hydrogens (tertiary/aromatic N) is 1. The van der Waals surface area contributed by atoms with E-state index in [1.807, 2.05) is 13.0 Å². The number of benzene rings is 3. The SMILES string of the molecule is COc1ccc(CNC(=O)CN(c2cccc(C)c2)S(=O)(=O)c2ccccc2)c(OC)c1OC. The summed E-state index contributed by atoms with van der Waals surface area (Å²) in [5.41, 5.74) is 1.94. The van der Waals surface area contributed by atoms with Crippen LogP contribution in [0.5, 0.6) is 17.2 Å². The molecule has 0 atom stereocenters. The molecule has 3 aromatic carbocycles. The van der Waals surface area contributed by atoms with Crippen molar-refractivity contribution in [3.8, 4) is 17.2 Å². The van der Waals surface area contributed by atoms with Gasteiger partial charge in [0.1, 0.15) is 6.54 Å². The zero-order valence-corrected chi connectivity index (χ0v) is 20.4. The Bertz CT molecular complexity index is 1250.